The van der Waals surface area contributed by atoms with Crippen LogP contribution in [0.25, 0.3) is 18.2 Å². The fourth-order valence-corrected chi connectivity index (χ4v) is 7.02. The summed E-state index contributed by atoms with van der Waals surface area (Å²) in [5, 5.41) is 4.28. The molecule has 1 aliphatic heterocycles. The van der Waals surface area contributed by atoms with Crippen molar-refractivity contribution >= 4 is 125 Å². The molecule has 5 aromatic carbocycles. The highest BCUT2D eigenvalue weighted by atomic mass is 79.9. The van der Waals surface area contributed by atoms with E-state index in [-0.39, 0.29) is 24.1 Å². The van der Waals surface area contributed by atoms with Gasteiger partial charge in [0.2, 0.25) is 6.79 Å². The van der Waals surface area contributed by atoms with E-state index in [4.69, 9.17) is 55.9 Å². The quantitative estimate of drug-likeness (QED) is 0.107. The Kier molecular flexibility index (Phi) is 16.3. The average molecular weight is 970 g/mol. The van der Waals surface area contributed by atoms with Crippen molar-refractivity contribution in [3.05, 3.63) is 201 Å². The van der Waals surface area contributed by atoms with Crippen LogP contribution in [0.2, 0.25) is 20.1 Å². The molecular formula is C44H28Br2Cl4O5S. The monoisotopic (exact) mass is 966 g/mol. The minimum Gasteiger partial charge on any atom is -0.454 e. The first-order valence-corrected chi connectivity index (χ1v) is 20.4. The zero-order valence-corrected chi connectivity index (χ0v) is 35.9. The van der Waals surface area contributed by atoms with Gasteiger partial charge in [-0.3, -0.25) is 14.4 Å². The lowest BCUT2D eigenvalue weighted by molar-refractivity contribution is 0.103. The zero-order chi connectivity index (χ0) is 40.0. The van der Waals surface area contributed by atoms with Crippen LogP contribution in [0, 0.1) is 0 Å². The second-order valence-electron chi connectivity index (χ2n) is 11.6. The molecule has 0 aliphatic carbocycles. The molecule has 6 aromatic rings. The summed E-state index contributed by atoms with van der Waals surface area (Å²) in [6.45, 7) is 0.250. The maximum absolute atomic E-state index is 12.0. The average Bonchev–Trinajstić information content (AvgIpc) is 3.85. The van der Waals surface area contributed by atoms with Crippen molar-refractivity contribution in [3.8, 4) is 11.5 Å². The largest absolute Gasteiger partial charge is 0.454 e. The smallest absolute Gasteiger partial charge is 0.231 e. The number of fused-ring (bicyclic) bond motifs is 1. The molecule has 0 atom stereocenters. The summed E-state index contributed by atoms with van der Waals surface area (Å²) in [6, 6.07) is 33.5. The van der Waals surface area contributed by atoms with Gasteiger partial charge in [-0.25, -0.2) is 0 Å². The molecule has 12 heteroatoms. The Morgan fingerprint density at radius 1 is 0.536 bits per heavy atom. The molecule has 5 nitrogen and oxygen atoms in total. The van der Waals surface area contributed by atoms with Gasteiger partial charge in [0.15, 0.2) is 28.8 Å². The number of hydrogen-bond donors (Lipinski definition) is 0. The molecule has 56 heavy (non-hydrogen) atoms. The Labute approximate surface area is 365 Å². The van der Waals surface area contributed by atoms with E-state index in [0.717, 1.165) is 30.7 Å². The van der Waals surface area contributed by atoms with Gasteiger partial charge in [0, 0.05) is 56.0 Å². The van der Waals surface area contributed by atoms with Crippen molar-refractivity contribution in [2.75, 3.05) is 6.79 Å². The van der Waals surface area contributed by atoms with Crippen molar-refractivity contribution in [3.63, 3.8) is 0 Å². The molecule has 0 N–H and O–H groups in total. The Hall–Kier alpha value is -4.25. The summed E-state index contributed by atoms with van der Waals surface area (Å²) < 4.78 is 12.5. The molecule has 7 rings (SSSR count). The topological polar surface area (TPSA) is 69.7 Å². The number of hydrogen-bond acceptors (Lipinski definition) is 6. The van der Waals surface area contributed by atoms with E-state index in [1.807, 2.05) is 47.9 Å². The molecule has 0 saturated heterocycles. The SMILES string of the molecule is O=C(C=Cc1cc(Br)cs1)c1ccc(Cl)cc1.O=C(C=Cc1ccc(Cl)cc1Cl)c1ccc(Cl)cc1.O=C(C=Cc1ccc2c(c1)OCO2)c1ccc(Br)cc1. The summed E-state index contributed by atoms with van der Waals surface area (Å²) >= 11 is 31.6. The van der Waals surface area contributed by atoms with Gasteiger partial charge in [-0.2, -0.15) is 0 Å². The highest BCUT2D eigenvalue weighted by Crippen LogP contribution is 2.33. The second kappa shape index (κ2) is 21.3. The predicted octanol–water partition coefficient (Wildman–Crippen LogP) is 14.7. The van der Waals surface area contributed by atoms with Crippen LogP contribution in [0.3, 0.4) is 0 Å². The summed E-state index contributed by atoms with van der Waals surface area (Å²) in [4.78, 5) is 36.8. The van der Waals surface area contributed by atoms with Crippen molar-refractivity contribution in [2.45, 2.75) is 0 Å². The van der Waals surface area contributed by atoms with Gasteiger partial charge in [-0.05, 0) is 161 Å². The van der Waals surface area contributed by atoms with Crippen LogP contribution in [0.4, 0.5) is 0 Å². The fourth-order valence-electron chi connectivity index (χ4n) is 4.70. The third-order valence-corrected chi connectivity index (χ3v) is 10.8. The molecule has 0 amide bonds. The minimum absolute atomic E-state index is 0.0220. The standard InChI is InChI=1S/C16H11BrO3.C15H9Cl3O.C13H8BrClOS/c17-13-5-3-12(4-6-13)14(18)7-1-11-2-8-15-16(9-11)20-10-19-15;16-12-5-2-11(3-6-12)15(19)8-4-10-1-7-13(17)9-14(10)18;14-10-7-12(17-8-10)5-6-13(16)9-1-3-11(15)4-2-9/h1-9H,10H2;1-9H;1-8H. The Morgan fingerprint density at radius 2 is 1.05 bits per heavy atom. The van der Waals surface area contributed by atoms with Gasteiger partial charge in [-0.1, -0.05) is 80.5 Å². The Morgan fingerprint density at radius 3 is 1.61 bits per heavy atom. The third kappa shape index (κ3) is 13.5. The third-order valence-electron chi connectivity index (χ3n) is 7.57. The number of ketones is 3. The molecule has 1 aromatic heterocycles. The lowest BCUT2D eigenvalue weighted by atomic mass is 10.1. The zero-order valence-electron chi connectivity index (χ0n) is 28.9. The molecule has 2 heterocycles. The van der Waals surface area contributed by atoms with Crippen LogP contribution in [0.5, 0.6) is 11.5 Å². The normalized spacial score (nSPS) is 11.6. The van der Waals surface area contributed by atoms with Gasteiger partial charge in [-0.15, -0.1) is 11.3 Å². The van der Waals surface area contributed by atoms with Gasteiger partial charge in [0.25, 0.3) is 0 Å². The van der Waals surface area contributed by atoms with E-state index in [2.05, 4.69) is 31.9 Å². The molecule has 0 radical (unpaired) electrons. The van der Waals surface area contributed by atoms with Crippen molar-refractivity contribution in [1.82, 2.24) is 0 Å². The van der Waals surface area contributed by atoms with Crippen LogP contribution in [0.1, 0.15) is 47.1 Å². The number of carbonyl (C=O) groups excluding carboxylic acids is 3. The first-order chi connectivity index (χ1) is 26.9. The second-order valence-corrected chi connectivity index (χ2v) is 16.0. The first-order valence-electron chi connectivity index (χ1n) is 16.5. The van der Waals surface area contributed by atoms with Crippen molar-refractivity contribution in [2.24, 2.45) is 0 Å². The van der Waals surface area contributed by atoms with Crippen LogP contribution in [-0.4, -0.2) is 24.1 Å². The van der Waals surface area contributed by atoms with Crippen LogP contribution in [0.15, 0.2) is 148 Å². The fraction of sp³-hybridized carbons (Fsp3) is 0.0227. The van der Waals surface area contributed by atoms with Crippen LogP contribution >= 0.6 is 89.6 Å². The number of halogens is 6. The number of rotatable bonds is 9. The van der Waals surface area contributed by atoms with E-state index < -0.39 is 0 Å². The van der Waals surface area contributed by atoms with E-state index >= 15 is 0 Å². The van der Waals surface area contributed by atoms with E-state index in [9.17, 15) is 14.4 Å². The minimum atomic E-state index is -0.109. The van der Waals surface area contributed by atoms with Gasteiger partial charge in [0.05, 0.1) is 0 Å². The number of thiophene rings is 1. The summed E-state index contributed by atoms with van der Waals surface area (Å²) in [5.74, 6) is 1.29. The molecule has 1 aliphatic rings. The van der Waals surface area contributed by atoms with Gasteiger partial charge < -0.3 is 9.47 Å². The first kappa shape index (κ1) is 42.9. The molecule has 0 saturated carbocycles. The molecule has 0 unspecified atom stereocenters. The summed E-state index contributed by atoms with van der Waals surface area (Å²) in [6.07, 6.45) is 9.84. The molecule has 0 bridgehead atoms. The predicted molar refractivity (Wildman–Crippen MR) is 238 cm³/mol. The number of ether oxygens (including phenoxy) is 2. The van der Waals surface area contributed by atoms with E-state index in [1.165, 1.54) is 6.08 Å². The number of carbonyl (C=O) groups is 3. The number of benzene rings is 5. The summed E-state index contributed by atoms with van der Waals surface area (Å²) in [5.41, 5.74) is 3.52. The molecule has 282 valence electrons. The lowest BCUT2D eigenvalue weighted by Gasteiger charge is -1.99. The van der Waals surface area contributed by atoms with Gasteiger partial charge >= 0.3 is 0 Å². The summed E-state index contributed by atoms with van der Waals surface area (Å²) in [7, 11) is 0. The maximum Gasteiger partial charge on any atom is 0.231 e. The molecular weight excluding hydrogens is 942 g/mol. The highest BCUT2D eigenvalue weighted by Gasteiger charge is 2.12. The van der Waals surface area contributed by atoms with Gasteiger partial charge in [0.1, 0.15) is 0 Å². The van der Waals surface area contributed by atoms with Crippen molar-refractivity contribution < 1.29 is 23.9 Å². The lowest BCUT2D eigenvalue weighted by Crippen LogP contribution is -1.93. The van der Waals surface area contributed by atoms with Crippen molar-refractivity contribution in [1.29, 1.82) is 0 Å². The van der Waals surface area contributed by atoms with Crippen LogP contribution < -0.4 is 9.47 Å². The Balaban J connectivity index is 0.000000161. The van der Waals surface area contributed by atoms with E-state index in [1.54, 1.807) is 115 Å². The maximum atomic E-state index is 12.0. The van der Waals surface area contributed by atoms with E-state index in [0.29, 0.717) is 42.5 Å². The molecule has 0 fully saturated rings. The highest BCUT2D eigenvalue weighted by molar-refractivity contribution is 9.10. The van der Waals surface area contributed by atoms with Crippen LogP contribution in [-0.2, 0) is 0 Å². The molecule has 0 spiro atoms. The Bertz CT molecular complexity index is 2410. The number of allylic oxidation sites excluding steroid dienone is 3.